The first-order chi connectivity index (χ1) is 10.9. The van der Waals surface area contributed by atoms with Crippen molar-refractivity contribution in [1.82, 2.24) is 9.97 Å². The minimum absolute atomic E-state index is 0.0596. The van der Waals surface area contributed by atoms with Crippen molar-refractivity contribution in [3.05, 3.63) is 11.0 Å². The Bertz CT molecular complexity index is 751. The van der Waals surface area contributed by atoms with Crippen LogP contribution in [0, 0.1) is 0 Å². The van der Waals surface area contributed by atoms with Crippen molar-refractivity contribution in [2.24, 2.45) is 0 Å². The lowest BCUT2D eigenvalue weighted by molar-refractivity contribution is 0.0687. The van der Waals surface area contributed by atoms with Crippen LogP contribution in [0.2, 0.25) is 5.28 Å². The Hall–Kier alpha value is -1.12. The maximum Gasteiger partial charge on any atom is 0.224 e. The number of halogens is 1. The van der Waals surface area contributed by atoms with Gasteiger partial charge in [-0.3, -0.25) is 0 Å². The fourth-order valence-corrected chi connectivity index (χ4v) is 5.27. The van der Waals surface area contributed by atoms with Crippen LogP contribution in [0.15, 0.2) is 0 Å². The Morgan fingerprint density at radius 2 is 2.09 bits per heavy atom. The largest absolute Gasteiger partial charge is 0.486 e. The van der Waals surface area contributed by atoms with Gasteiger partial charge in [-0.1, -0.05) is 0 Å². The predicted molar refractivity (Wildman–Crippen MR) is 84.9 cm³/mol. The molecule has 0 aromatic carbocycles. The van der Waals surface area contributed by atoms with Crippen LogP contribution in [0.1, 0.15) is 25.0 Å². The van der Waals surface area contributed by atoms with Crippen molar-refractivity contribution < 1.29 is 17.9 Å². The highest BCUT2D eigenvalue weighted by Gasteiger charge is 2.52. The molecule has 3 aliphatic rings. The summed E-state index contributed by atoms with van der Waals surface area (Å²) in [5.74, 6) is 1.06. The molecule has 1 atom stereocenters. The smallest absolute Gasteiger partial charge is 0.224 e. The van der Waals surface area contributed by atoms with Gasteiger partial charge in [0.25, 0.3) is 0 Å². The Morgan fingerprint density at radius 1 is 1.30 bits per heavy atom. The highest BCUT2D eigenvalue weighted by atomic mass is 35.5. The molecule has 0 radical (unpaired) electrons. The molecule has 2 fully saturated rings. The van der Waals surface area contributed by atoms with Crippen molar-refractivity contribution in [2.45, 2.75) is 30.1 Å². The number of nitrogens with zero attached hydrogens (tertiary/aromatic N) is 3. The number of hydrogen-bond acceptors (Lipinski definition) is 7. The van der Waals surface area contributed by atoms with E-state index in [4.69, 9.17) is 21.1 Å². The number of sulfone groups is 1. The van der Waals surface area contributed by atoms with E-state index in [0.717, 1.165) is 6.42 Å². The van der Waals surface area contributed by atoms with E-state index in [0.29, 0.717) is 56.5 Å². The Labute approximate surface area is 139 Å². The highest BCUT2D eigenvalue weighted by Crippen LogP contribution is 2.52. The number of anilines is 1. The fraction of sp³-hybridized carbons (Fsp3) is 0.714. The molecule has 1 saturated carbocycles. The molecule has 1 saturated heterocycles. The lowest BCUT2D eigenvalue weighted by atomic mass is 9.81. The molecule has 4 rings (SSSR count). The van der Waals surface area contributed by atoms with Gasteiger partial charge in [0, 0.05) is 12.8 Å². The standard InChI is InChI=1S/C14H18ClN3O4S/c1-23(19,20)14(3-2-4-14)11-10-12(17-13(15)16-11)18-5-6-21-7-9(18)8-22-10/h9H,2-8H2,1H3. The fourth-order valence-electron chi connectivity index (χ4n) is 3.58. The molecule has 0 amide bonds. The van der Waals surface area contributed by atoms with Crippen molar-refractivity contribution in [3.63, 3.8) is 0 Å². The van der Waals surface area contributed by atoms with Crippen LogP contribution < -0.4 is 9.64 Å². The van der Waals surface area contributed by atoms with E-state index < -0.39 is 14.6 Å². The zero-order valence-electron chi connectivity index (χ0n) is 12.8. The molecule has 126 valence electrons. The van der Waals surface area contributed by atoms with E-state index in [9.17, 15) is 8.42 Å². The number of hydrogen-bond donors (Lipinski definition) is 0. The van der Waals surface area contributed by atoms with E-state index in [2.05, 4.69) is 14.9 Å². The van der Waals surface area contributed by atoms with Gasteiger partial charge in [0.1, 0.15) is 17.0 Å². The zero-order chi connectivity index (χ0) is 16.2. The first kappa shape index (κ1) is 15.4. The van der Waals surface area contributed by atoms with Gasteiger partial charge in [-0.15, -0.1) is 0 Å². The van der Waals surface area contributed by atoms with Crippen LogP contribution in [0.4, 0.5) is 5.82 Å². The normalized spacial score (nSPS) is 25.8. The molecule has 1 aromatic heterocycles. The molecule has 23 heavy (non-hydrogen) atoms. The van der Waals surface area contributed by atoms with Gasteiger partial charge in [0.05, 0.1) is 19.3 Å². The van der Waals surface area contributed by atoms with Crippen molar-refractivity contribution >= 4 is 27.3 Å². The summed E-state index contributed by atoms with van der Waals surface area (Å²) in [6.07, 6.45) is 3.20. The topological polar surface area (TPSA) is 81.6 Å². The molecular weight excluding hydrogens is 342 g/mol. The summed E-state index contributed by atoms with van der Waals surface area (Å²) in [7, 11) is -3.33. The van der Waals surface area contributed by atoms with Gasteiger partial charge in [-0.2, -0.15) is 4.98 Å². The Morgan fingerprint density at radius 3 is 2.74 bits per heavy atom. The van der Waals surface area contributed by atoms with Gasteiger partial charge in [0.2, 0.25) is 5.28 Å². The molecule has 0 spiro atoms. The van der Waals surface area contributed by atoms with E-state index in [1.54, 1.807) is 0 Å². The lowest BCUT2D eigenvalue weighted by Crippen LogP contribution is -2.52. The van der Waals surface area contributed by atoms with E-state index >= 15 is 0 Å². The molecule has 2 aliphatic heterocycles. The number of rotatable bonds is 2. The second kappa shape index (κ2) is 5.19. The average molecular weight is 360 g/mol. The minimum Gasteiger partial charge on any atom is -0.486 e. The molecule has 3 heterocycles. The summed E-state index contributed by atoms with van der Waals surface area (Å²) < 4.78 is 35.2. The molecule has 9 heteroatoms. The summed E-state index contributed by atoms with van der Waals surface area (Å²) in [6.45, 7) is 2.28. The van der Waals surface area contributed by atoms with Crippen LogP contribution in [0.3, 0.4) is 0 Å². The summed E-state index contributed by atoms with van der Waals surface area (Å²) in [5.41, 5.74) is 0.422. The van der Waals surface area contributed by atoms with Gasteiger partial charge < -0.3 is 14.4 Å². The molecule has 1 aliphatic carbocycles. The quantitative estimate of drug-likeness (QED) is 0.732. The Kier molecular flexibility index (Phi) is 3.48. The first-order valence-electron chi connectivity index (χ1n) is 7.67. The van der Waals surface area contributed by atoms with Gasteiger partial charge in [-0.25, -0.2) is 13.4 Å². The van der Waals surface area contributed by atoms with Crippen LogP contribution in [-0.2, 0) is 19.3 Å². The highest BCUT2D eigenvalue weighted by molar-refractivity contribution is 7.91. The van der Waals surface area contributed by atoms with E-state index in [1.165, 1.54) is 6.26 Å². The van der Waals surface area contributed by atoms with Crippen LogP contribution in [0.5, 0.6) is 5.75 Å². The van der Waals surface area contributed by atoms with Crippen molar-refractivity contribution in [3.8, 4) is 5.75 Å². The van der Waals surface area contributed by atoms with Crippen LogP contribution in [-0.4, -0.2) is 57.0 Å². The van der Waals surface area contributed by atoms with E-state index in [1.807, 2.05) is 0 Å². The van der Waals surface area contributed by atoms with Crippen LogP contribution in [0.25, 0.3) is 0 Å². The first-order valence-corrected chi connectivity index (χ1v) is 9.94. The third-order valence-electron chi connectivity index (χ3n) is 5.04. The second-order valence-electron chi connectivity index (χ2n) is 6.35. The predicted octanol–water partition coefficient (Wildman–Crippen LogP) is 1.15. The third-order valence-corrected chi connectivity index (χ3v) is 7.23. The maximum absolute atomic E-state index is 12.4. The minimum atomic E-state index is -3.33. The van der Waals surface area contributed by atoms with Crippen molar-refractivity contribution in [1.29, 1.82) is 0 Å². The average Bonchev–Trinajstić information content (AvgIpc) is 2.44. The molecular formula is C14H18ClN3O4S. The number of morpholine rings is 1. The third kappa shape index (κ3) is 2.22. The van der Waals surface area contributed by atoms with Gasteiger partial charge >= 0.3 is 0 Å². The summed E-state index contributed by atoms with van der Waals surface area (Å²) in [6, 6.07) is 0.0747. The SMILES string of the molecule is CS(=O)(=O)C1(c2nc(Cl)nc3c2OCC2COCCN32)CCC1. The summed E-state index contributed by atoms with van der Waals surface area (Å²) in [5, 5.41) is 0.0596. The maximum atomic E-state index is 12.4. The zero-order valence-corrected chi connectivity index (χ0v) is 14.4. The number of aromatic nitrogens is 2. The second-order valence-corrected chi connectivity index (χ2v) is 9.01. The monoisotopic (exact) mass is 359 g/mol. The Balaban J connectivity index is 1.88. The molecule has 7 nitrogen and oxygen atoms in total. The summed E-state index contributed by atoms with van der Waals surface area (Å²) in [4.78, 5) is 10.7. The van der Waals surface area contributed by atoms with Crippen LogP contribution >= 0.6 is 11.6 Å². The lowest BCUT2D eigenvalue weighted by Gasteiger charge is -2.44. The van der Waals surface area contributed by atoms with Gasteiger partial charge in [0.15, 0.2) is 21.4 Å². The van der Waals surface area contributed by atoms with Gasteiger partial charge in [-0.05, 0) is 30.9 Å². The molecule has 1 aromatic rings. The molecule has 0 N–H and O–H groups in total. The van der Waals surface area contributed by atoms with Crippen molar-refractivity contribution in [2.75, 3.05) is 37.5 Å². The summed E-state index contributed by atoms with van der Waals surface area (Å²) >= 11 is 6.12. The number of fused-ring (bicyclic) bond motifs is 3. The molecule has 1 unspecified atom stereocenters. The molecule has 0 bridgehead atoms. The van der Waals surface area contributed by atoms with E-state index in [-0.39, 0.29) is 11.3 Å². The number of ether oxygens (including phenoxy) is 2.